The van der Waals surface area contributed by atoms with Gasteiger partial charge in [-0.1, -0.05) is 41.4 Å². The van der Waals surface area contributed by atoms with Gasteiger partial charge in [-0.15, -0.1) is 0 Å². The molecule has 1 aromatic carbocycles. The molecule has 152 valence electrons. The third kappa shape index (κ3) is 8.62. The van der Waals surface area contributed by atoms with Crippen molar-refractivity contribution in [1.82, 2.24) is 20.4 Å². The molecule has 1 aliphatic heterocycles. The predicted molar refractivity (Wildman–Crippen MR) is 120 cm³/mol. The quantitative estimate of drug-likeness (QED) is 0.484. The summed E-state index contributed by atoms with van der Waals surface area (Å²) in [6, 6.07) is 8.62. The van der Waals surface area contributed by atoms with Crippen LogP contribution in [0.25, 0.3) is 0 Å². The first-order valence-corrected chi connectivity index (χ1v) is 11.0. The Labute approximate surface area is 173 Å². The minimum atomic E-state index is 0.596. The number of aliphatic imine (C=N–C) groups is 1. The molecular formula is C21H36BrN5. The van der Waals surface area contributed by atoms with Crippen LogP contribution in [-0.4, -0.2) is 75.7 Å². The summed E-state index contributed by atoms with van der Waals surface area (Å²) in [6.45, 7) is 9.95. The average Bonchev–Trinajstić information content (AvgIpc) is 2.87. The molecule has 1 atom stereocenters. The van der Waals surface area contributed by atoms with E-state index in [2.05, 4.69) is 79.6 Å². The van der Waals surface area contributed by atoms with Crippen LogP contribution in [0, 0.1) is 5.92 Å². The summed E-state index contributed by atoms with van der Waals surface area (Å²) >= 11 is 3.57. The van der Waals surface area contributed by atoms with E-state index < -0.39 is 0 Å². The molecule has 1 heterocycles. The summed E-state index contributed by atoms with van der Waals surface area (Å²) < 4.78 is 1.15. The van der Waals surface area contributed by atoms with Crippen LogP contribution in [-0.2, 0) is 6.42 Å². The highest BCUT2D eigenvalue weighted by Crippen LogP contribution is 2.16. The van der Waals surface area contributed by atoms with Crippen molar-refractivity contribution in [1.29, 1.82) is 0 Å². The van der Waals surface area contributed by atoms with E-state index in [1.807, 2.05) is 7.05 Å². The summed E-state index contributed by atoms with van der Waals surface area (Å²) in [5.74, 6) is 1.51. The number of benzene rings is 1. The molecule has 27 heavy (non-hydrogen) atoms. The number of likely N-dealkylation sites (N-methyl/N-ethyl adjacent to an activating group) is 1. The third-order valence-corrected chi connectivity index (χ3v) is 5.80. The van der Waals surface area contributed by atoms with E-state index in [0.29, 0.717) is 5.92 Å². The van der Waals surface area contributed by atoms with E-state index in [9.17, 15) is 0 Å². The number of rotatable bonds is 8. The second kappa shape index (κ2) is 12.4. The maximum atomic E-state index is 4.39. The molecule has 1 aromatic rings. The van der Waals surface area contributed by atoms with Crippen LogP contribution >= 0.6 is 15.9 Å². The van der Waals surface area contributed by atoms with E-state index in [4.69, 9.17) is 0 Å². The van der Waals surface area contributed by atoms with Crippen molar-refractivity contribution < 1.29 is 0 Å². The second-order valence-corrected chi connectivity index (χ2v) is 8.40. The van der Waals surface area contributed by atoms with Crippen molar-refractivity contribution in [3.63, 3.8) is 0 Å². The summed E-state index contributed by atoms with van der Waals surface area (Å²) in [5, 5.41) is 6.99. The van der Waals surface area contributed by atoms with Crippen LogP contribution in [0.5, 0.6) is 0 Å². The van der Waals surface area contributed by atoms with Gasteiger partial charge in [-0.3, -0.25) is 4.99 Å². The number of nitrogens with zero attached hydrogens (tertiary/aromatic N) is 3. The predicted octanol–water partition coefficient (Wildman–Crippen LogP) is 2.82. The van der Waals surface area contributed by atoms with E-state index in [1.54, 1.807) is 0 Å². The number of nitrogens with one attached hydrogen (secondary N) is 2. The summed E-state index contributed by atoms with van der Waals surface area (Å²) in [4.78, 5) is 9.36. The van der Waals surface area contributed by atoms with E-state index >= 15 is 0 Å². The SMILES string of the molecule is CCC(CNC(=NC)NCCN1CCCN(C)CC1)Cc1cccc(Br)c1. The van der Waals surface area contributed by atoms with E-state index in [0.717, 1.165) is 49.5 Å². The Morgan fingerprint density at radius 2 is 2.07 bits per heavy atom. The molecule has 0 bridgehead atoms. The summed E-state index contributed by atoms with van der Waals surface area (Å²) in [7, 11) is 4.07. The number of hydrogen-bond donors (Lipinski definition) is 2. The molecule has 0 saturated carbocycles. The van der Waals surface area contributed by atoms with Crippen molar-refractivity contribution in [3.05, 3.63) is 34.3 Å². The molecule has 1 aliphatic rings. The van der Waals surface area contributed by atoms with Gasteiger partial charge >= 0.3 is 0 Å². The van der Waals surface area contributed by atoms with Crippen LogP contribution in [0.3, 0.4) is 0 Å². The molecule has 1 fully saturated rings. The van der Waals surface area contributed by atoms with Crippen molar-refractivity contribution in [2.24, 2.45) is 10.9 Å². The Bertz CT molecular complexity index is 577. The Kier molecular flexibility index (Phi) is 10.2. The van der Waals surface area contributed by atoms with Gasteiger partial charge in [0, 0.05) is 44.2 Å². The summed E-state index contributed by atoms with van der Waals surface area (Å²) in [5.41, 5.74) is 1.38. The topological polar surface area (TPSA) is 42.9 Å². The first-order valence-electron chi connectivity index (χ1n) is 10.2. The van der Waals surface area contributed by atoms with Gasteiger partial charge in [0.2, 0.25) is 0 Å². The fourth-order valence-electron chi connectivity index (χ4n) is 3.48. The van der Waals surface area contributed by atoms with Gasteiger partial charge in [0.05, 0.1) is 0 Å². The number of guanidine groups is 1. The molecule has 0 amide bonds. The molecular weight excluding hydrogens is 402 g/mol. The largest absolute Gasteiger partial charge is 0.356 e. The Morgan fingerprint density at radius 1 is 1.22 bits per heavy atom. The van der Waals surface area contributed by atoms with E-state index in [-0.39, 0.29) is 0 Å². The monoisotopic (exact) mass is 437 g/mol. The molecule has 1 saturated heterocycles. The Balaban J connectivity index is 1.70. The number of hydrogen-bond acceptors (Lipinski definition) is 3. The van der Waals surface area contributed by atoms with Crippen LogP contribution in [0.1, 0.15) is 25.3 Å². The molecule has 0 aromatic heterocycles. The van der Waals surface area contributed by atoms with Crippen molar-refractivity contribution in [3.8, 4) is 0 Å². The van der Waals surface area contributed by atoms with Gasteiger partial charge < -0.3 is 20.4 Å². The zero-order chi connectivity index (χ0) is 19.5. The minimum absolute atomic E-state index is 0.596. The standard InChI is InChI=1S/C21H36BrN5/c1-4-18(15-19-7-5-8-20(22)16-19)17-25-21(23-2)24-9-12-27-11-6-10-26(3)13-14-27/h5,7-8,16,18H,4,6,9-15,17H2,1-3H3,(H2,23,24,25). The molecule has 0 aliphatic carbocycles. The van der Waals surface area contributed by atoms with Crippen molar-refractivity contribution >= 4 is 21.9 Å². The molecule has 6 heteroatoms. The Morgan fingerprint density at radius 3 is 2.81 bits per heavy atom. The molecule has 1 unspecified atom stereocenters. The highest BCUT2D eigenvalue weighted by molar-refractivity contribution is 9.10. The number of halogens is 1. The minimum Gasteiger partial charge on any atom is -0.356 e. The fourth-order valence-corrected chi connectivity index (χ4v) is 3.92. The molecule has 2 rings (SSSR count). The van der Waals surface area contributed by atoms with Gasteiger partial charge in [-0.2, -0.15) is 0 Å². The van der Waals surface area contributed by atoms with Gasteiger partial charge in [-0.05, 0) is 56.6 Å². The van der Waals surface area contributed by atoms with Crippen LogP contribution < -0.4 is 10.6 Å². The third-order valence-electron chi connectivity index (χ3n) is 5.31. The maximum absolute atomic E-state index is 4.39. The average molecular weight is 438 g/mol. The van der Waals surface area contributed by atoms with Crippen LogP contribution in [0.2, 0.25) is 0 Å². The van der Waals surface area contributed by atoms with Gasteiger partial charge in [0.15, 0.2) is 5.96 Å². The first-order chi connectivity index (χ1) is 13.1. The maximum Gasteiger partial charge on any atom is 0.191 e. The Hall–Kier alpha value is -1.11. The second-order valence-electron chi connectivity index (χ2n) is 7.49. The highest BCUT2D eigenvalue weighted by Gasteiger charge is 2.12. The zero-order valence-electron chi connectivity index (χ0n) is 17.2. The summed E-state index contributed by atoms with van der Waals surface area (Å²) in [6.07, 6.45) is 3.50. The first kappa shape index (κ1) is 22.2. The van der Waals surface area contributed by atoms with Gasteiger partial charge in [0.25, 0.3) is 0 Å². The fraction of sp³-hybridized carbons (Fsp3) is 0.667. The van der Waals surface area contributed by atoms with Gasteiger partial charge in [0.1, 0.15) is 0 Å². The lowest BCUT2D eigenvalue weighted by Crippen LogP contribution is -2.43. The van der Waals surface area contributed by atoms with Crippen molar-refractivity contribution in [2.75, 3.05) is 59.9 Å². The molecule has 0 spiro atoms. The zero-order valence-corrected chi connectivity index (χ0v) is 18.8. The van der Waals surface area contributed by atoms with Crippen LogP contribution in [0.15, 0.2) is 33.7 Å². The van der Waals surface area contributed by atoms with Gasteiger partial charge in [-0.25, -0.2) is 0 Å². The smallest absolute Gasteiger partial charge is 0.191 e. The molecule has 0 radical (unpaired) electrons. The molecule has 2 N–H and O–H groups in total. The normalized spacial score (nSPS) is 18.1. The lowest BCUT2D eigenvalue weighted by molar-refractivity contribution is 0.280. The van der Waals surface area contributed by atoms with E-state index in [1.165, 1.54) is 31.6 Å². The lowest BCUT2D eigenvalue weighted by atomic mass is 9.97. The molecule has 5 nitrogen and oxygen atoms in total. The van der Waals surface area contributed by atoms with Crippen molar-refractivity contribution in [2.45, 2.75) is 26.2 Å². The van der Waals surface area contributed by atoms with Crippen LogP contribution in [0.4, 0.5) is 0 Å². The lowest BCUT2D eigenvalue weighted by Gasteiger charge is -2.22. The highest BCUT2D eigenvalue weighted by atomic mass is 79.9.